The zero-order valence-corrected chi connectivity index (χ0v) is 5.93. The molecule has 3 heteroatoms. The molecule has 0 N–H and O–H groups in total. The maximum atomic E-state index is 9.50. The number of rotatable bonds is 4. The van der Waals surface area contributed by atoms with Crippen molar-refractivity contribution in [2.75, 3.05) is 11.9 Å². The lowest BCUT2D eigenvalue weighted by molar-refractivity contribution is -0.127. The highest BCUT2D eigenvalue weighted by Crippen LogP contribution is 1.80. The molecule has 0 fully saturated rings. The quantitative estimate of drug-likeness (QED) is 0.279. The normalized spacial score (nSPS) is 9.62. The Bertz CT molecular complexity index is 80.5. The van der Waals surface area contributed by atoms with Gasteiger partial charge < -0.3 is 4.74 Å². The van der Waals surface area contributed by atoms with Crippen molar-refractivity contribution >= 4 is 22.4 Å². The summed E-state index contributed by atoms with van der Waals surface area (Å²) in [5, 5.41) is 0.801. The van der Waals surface area contributed by atoms with Crippen LogP contribution in [0.3, 0.4) is 0 Å². The first kappa shape index (κ1) is 7.69. The summed E-state index contributed by atoms with van der Waals surface area (Å²) in [6.45, 7) is 0.799. The molecule has 0 aromatic rings. The number of hydrogen-bond acceptors (Lipinski definition) is 2. The average Bonchev–Trinajstić information content (AvgIpc) is 1.81. The molecule has 0 saturated carbocycles. The number of halogens is 1. The first-order valence-electron chi connectivity index (χ1n) is 2.18. The van der Waals surface area contributed by atoms with Gasteiger partial charge in [-0.05, 0) is 0 Å². The highest BCUT2D eigenvalue weighted by molar-refractivity contribution is 9.09. The third-order valence-electron chi connectivity index (χ3n) is 0.516. The van der Waals surface area contributed by atoms with Crippen LogP contribution >= 0.6 is 15.9 Å². The van der Waals surface area contributed by atoms with Gasteiger partial charge in [-0.15, -0.1) is 0 Å². The van der Waals surface area contributed by atoms with Gasteiger partial charge in [-0.2, -0.15) is 0 Å². The van der Waals surface area contributed by atoms with Gasteiger partial charge in [0.2, 0.25) is 0 Å². The molecule has 0 saturated heterocycles. The number of carbonyl (C=O) groups excluding carboxylic acids is 1. The van der Waals surface area contributed by atoms with E-state index >= 15 is 0 Å². The van der Waals surface area contributed by atoms with Crippen LogP contribution in [0.4, 0.5) is 0 Å². The van der Waals surface area contributed by atoms with Gasteiger partial charge in [-0.25, -0.2) is 0 Å². The van der Waals surface area contributed by atoms with Crippen LogP contribution in [-0.2, 0) is 9.53 Å². The SMILES string of the molecule is O=COC/C=C/CBr. The average molecular weight is 179 g/mol. The molecule has 8 heavy (non-hydrogen) atoms. The second-order valence-electron chi connectivity index (χ2n) is 1.06. The van der Waals surface area contributed by atoms with Gasteiger partial charge in [0, 0.05) is 5.33 Å². The van der Waals surface area contributed by atoms with Gasteiger partial charge in [0.25, 0.3) is 6.47 Å². The first-order chi connectivity index (χ1) is 3.91. The lowest BCUT2D eigenvalue weighted by Gasteiger charge is -1.85. The van der Waals surface area contributed by atoms with Crippen LogP contribution in [0.15, 0.2) is 12.2 Å². The summed E-state index contributed by atoms with van der Waals surface area (Å²) < 4.78 is 4.35. The van der Waals surface area contributed by atoms with Crippen molar-refractivity contribution in [3.63, 3.8) is 0 Å². The Morgan fingerprint density at radius 2 is 2.25 bits per heavy atom. The van der Waals surface area contributed by atoms with Crippen molar-refractivity contribution in [2.45, 2.75) is 0 Å². The van der Waals surface area contributed by atoms with Crippen LogP contribution < -0.4 is 0 Å². The van der Waals surface area contributed by atoms with Crippen LogP contribution in [0.5, 0.6) is 0 Å². The molecule has 0 rings (SSSR count). The first-order valence-corrected chi connectivity index (χ1v) is 3.30. The lowest BCUT2D eigenvalue weighted by atomic mass is 10.6. The predicted molar refractivity (Wildman–Crippen MR) is 34.9 cm³/mol. The topological polar surface area (TPSA) is 26.3 Å². The Balaban J connectivity index is 2.90. The van der Waals surface area contributed by atoms with E-state index in [1.807, 2.05) is 6.08 Å². The Morgan fingerprint density at radius 1 is 1.50 bits per heavy atom. The molecule has 46 valence electrons. The molecule has 0 atom stereocenters. The fourth-order valence-corrected chi connectivity index (χ4v) is 0.490. The van der Waals surface area contributed by atoms with Crippen molar-refractivity contribution in [3.8, 4) is 0 Å². The highest BCUT2D eigenvalue weighted by Gasteiger charge is 1.71. The number of ether oxygens (including phenoxy) is 1. The van der Waals surface area contributed by atoms with E-state index in [4.69, 9.17) is 0 Å². The maximum absolute atomic E-state index is 9.50. The summed E-state index contributed by atoms with van der Waals surface area (Å²) >= 11 is 3.17. The fraction of sp³-hybridized carbons (Fsp3) is 0.400. The van der Waals surface area contributed by atoms with Gasteiger partial charge in [-0.1, -0.05) is 28.1 Å². The van der Waals surface area contributed by atoms with E-state index in [9.17, 15) is 4.79 Å². The zero-order valence-electron chi connectivity index (χ0n) is 4.34. The standard InChI is InChI=1S/C5H7BrO2/c6-3-1-2-4-8-5-7/h1-2,5H,3-4H2/b2-1+. The molecule has 0 spiro atoms. The largest absolute Gasteiger partial charge is 0.464 e. The minimum Gasteiger partial charge on any atom is -0.464 e. The fourth-order valence-electron chi connectivity index (χ4n) is 0.226. The van der Waals surface area contributed by atoms with E-state index < -0.39 is 0 Å². The Morgan fingerprint density at radius 3 is 2.75 bits per heavy atom. The van der Waals surface area contributed by atoms with Crippen molar-refractivity contribution in [3.05, 3.63) is 12.2 Å². The summed E-state index contributed by atoms with van der Waals surface area (Å²) in [7, 11) is 0. The molecular formula is C5H7BrO2. The van der Waals surface area contributed by atoms with Crippen molar-refractivity contribution in [1.82, 2.24) is 0 Å². The second kappa shape index (κ2) is 6.69. The van der Waals surface area contributed by atoms with Gasteiger partial charge in [-0.3, -0.25) is 4.79 Å². The Labute approximate surface area is 56.7 Å². The van der Waals surface area contributed by atoms with E-state index in [1.165, 1.54) is 0 Å². The van der Waals surface area contributed by atoms with E-state index in [-0.39, 0.29) is 0 Å². The monoisotopic (exact) mass is 178 g/mol. The predicted octanol–water partition coefficient (Wildman–Crippen LogP) is 1.11. The molecule has 0 aliphatic heterocycles. The molecule has 0 aliphatic rings. The minimum absolute atomic E-state index is 0.370. The van der Waals surface area contributed by atoms with Gasteiger partial charge in [0.05, 0.1) is 0 Å². The summed E-state index contributed by atoms with van der Waals surface area (Å²) in [5.74, 6) is 0. The van der Waals surface area contributed by atoms with Crippen LogP contribution in [0.2, 0.25) is 0 Å². The lowest BCUT2D eigenvalue weighted by Crippen LogP contribution is -1.84. The third-order valence-corrected chi connectivity index (χ3v) is 0.890. The molecule has 0 amide bonds. The van der Waals surface area contributed by atoms with Crippen molar-refractivity contribution in [2.24, 2.45) is 0 Å². The zero-order chi connectivity index (χ0) is 6.24. The molecule has 0 aliphatic carbocycles. The summed E-state index contributed by atoms with van der Waals surface area (Å²) in [5.41, 5.74) is 0. The molecule has 0 aromatic heterocycles. The van der Waals surface area contributed by atoms with Crippen LogP contribution in [0.25, 0.3) is 0 Å². The Hall–Kier alpha value is -0.310. The molecule has 2 nitrogen and oxygen atoms in total. The maximum Gasteiger partial charge on any atom is 0.293 e. The van der Waals surface area contributed by atoms with Gasteiger partial charge in [0.1, 0.15) is 6.61 Å². The summed E-state index contributed by atoms with van der Waals surface area (Å²) in [6, 6.07) is 0. The number of carbonyl (C=O) groups is 1. The van der Waals surface area contributed by atoms with Crippen LogP contribution in [0.1, 0.15) is 0 Å². The van der Waals surface area contributed by atoms with Crippen molar-refractivity contribution < 1.29 is 9.53 Å². The third kappa shape index (κ3) is 5.69. The van der Waals surface area contributed by atoms with Crippen LogP contribution in [-0.4, -0.2) is 18.4 Å². The van der Waals surface area contributed by atoms with Crippen LogP contribution in [0, 0.1) is 0 Å². The van der Waals surface area contributed by atoms with E-state index in [1.54, 1.807) is 6.08 Å². The minimum atomic E-state index is 0.370. The van der Waals surface area contributed by atoms with Gasteiger partial charge >= 0.3 is 0 Å². The number of allylic oxidation sites excluding steroid dienone is 1. The van der Waals surface area contributed by atoms with Crippen molar-refractivity contribution in [1.29, 1.82) is 0 Å². The summed E-state index contributed by atoms with van der Waals surface area (Å²) in [4.78, 5) is 9.50. The molecule has 0 aromatic carbocycles. The molecule has 0 radical (unpaired) electrons. The molecule has 0 unspecified atom stereocenters. The second-order valence-corrected chi connectivity index (χ2v) is 1.70. The molecule has 0 bridgehead atoms. The number of hydrogen-bond donors (Lipinski definition) is 0. The van der Waals surface area contributed by atoms with Gasteiger partial charge in [0.15, 0.2) is 0 Å². The van der Waals surface area contributed by atoms with E-state index in [2.05, 4.69) is 20.7 Å². The molecule has 0 heterocycles. The number of alkyl halides is 1. The Kier molecular flexibility index (Phi) is 6.43. The van der Waals surface area contributed by atoms with E-state index in [0.717, 1.165) is 5.33 Å². The van der Waals surface area contributed by atoms with E-state index in [0.29, 0.717) is 13.1 Å². The smallest absolute Gasteiger partial charge is 0.293 e. The molecular weight excluding hydrogens is 172 g/mol. The summed E-state index contributed by atoms with van der Waals surface area (Å²) in [6.07, 6.45) is 3.63. The highest BCUT2D eigenvalue weighted by atomic mass is 79.9.